The molecule has 0 radical (unpaired) electrons. The molecule has 21 heavy (non-hydrogen) atoms. The molecule has 0 saturated heterocycles. The van der Waals surface area contributed by atoms with E-state index in [1.165, 1.54) is 0 Å². The molecule has 0 atom stereocenters. The van der Waals surface area contributed by atoms with Gasteiger partial charge < -0.3 is 20.5 Å². The molecule has 1 aromatic heterocycles. The van der Waals surface area contributed by atoms with E-state index in [1.54, 1.807) is 6.20 Å². The lowest BCUT2D eigenvalue weighted by Gasteiger charge is -2.19. The Morgan fingerprint density at radius 1 is 1.33 bits per heavy atom. The number of unbranched alkanes of at least 4 members (excludes halogenated alkanes) is 1. The molecule has 1 aromatic rings. The first kappa shape index (κ1) is 17.2. The number of amides is 1. The van der Waals surface area contributed by atoms with Crippen LogP contribution in [0.2, 0.25) is 0 Å². The quantitative estimate of drug-likeness (QED) is 0.672. The summed E-state index contributed by atoms with van der Waals surface area (Å²) in [6.07, 6.45) is 3.08. The van der Waals surface area contributed by atoms with Crippen molar-refractivity contribution in [1.29, 1.82) is 0 Å². The van der Waals surface area contributed by atoms with Crippen LogP contribution in [0.4, 0.5) is 10.5 Å². The lowest BCUT2D eigenvalue weighted by molar-refractivity contribution is 0.0527. The van der Waals surface area contributed by atoms with Crippen LogP contribution in [0.25, 0.3) is 0 Å². The summed E-state index contributed by atoms with van der Waals surface area (Å²) in [4.78, 5) is 15.4. The summed E-state index contributed by atoms with van der Waals surface area (Å²) in [6, 6.07) is 3.68. The van der Waals surface area contributed by atoms with Gasteiger partial charge in [-0.1, -0.05) is 0 Å². The van der Waals surface area contributed by atoms with Crippen LogP contribution in [0.5, 0.6) is 0 Å². The smallest absolute Gasteiger partial charge is 0.407 e. The van der Waals surface area contributed by atoms with Crippen molar-refractivity contribution in [2.24, 2.45) is 0 Å². The standard InChI is InChI=1S/C15H25N3O3/c1-15(2,3)21-14(20)18-8-5-4-7-16-12-6-9-17-13(10-12)11-19/h6,9-10,19H,4-5,7-8,11H2,1-3H3,(H,16,17)(H,18,20). The monoisotopic (exact) mass is 295 g/mol. The van der Waals surface area contributed by atoms with Crippen molar-refractivity contribution in [3.63, 3.8) is 0 Å². The predicted octanol–water partition coefficient (Wildman–Crippen LogP) is 2.29. The number of carbonyl (C=O) groups excluding carboxylic acids is 1. The van der Waals surface area contributed by atoms with Crippen LogP contribution in [0, 0.1) is 0 Å². The van der Waals surface area contributed by atoms with Crippen LogP contribution in [0.3, 0.4) is 0 Å². The second-order valence-corrected chi connectivity index (χ2v) is 5.76. The number of pyridine rings is 1. The van der Waals surface area contributed by atoms with Gasteiger partial charge >= 0.3 is 6.09 Å². The topological polar surface area (TPSA) is 83.5 Å². The Bertz CT molecular complexity index is 444. The fourth-order valence-electron chi connectivity index (χ4n) is 1.66. The first-order valence-corrected chi connectivity index (χ1v) is 7.17. The van der Waals surface area contributed by atoms with E-state index in [4.69, 9.17) is 9.84 Å². The van der Waals surface area contributed by atoms with Gasteiger partial charge in [-0.2, -0.15) is 0 Å². The Morgan fingerprint density at radius 2 is 2.05 bits per heavy atom. The molecular formula is C15H25N3O3. The Kier molecular flexibility index (Phi) is 6.94. The molecule has 3 N–H and O–H groups in total. The number of rotatable bonds is 7. The van der Waals surface area contributed by atoms with Gasteiger partial charge in [0.1, 0.15) is 5.60 Å². The zero-order valence-electron chi connectivity index (χ0n) is 13.0. The predicted molar refractivity (Wildman–Crippen MR) is 82.1 cm³/mol. The summed E-state index contributed by atoms with van der Waals surface area (Å²) >= 11 is 0. The van der Waals surface area contributed by atoms with E-state index in [0.717, 1.165) is 25.1 Å². The minimum Gasteiger partial charge on any atom is -0.444 e. The van der Waals surface area contributed by atoms with Gasteiger partial charge in [0.2, 0.25) is 0 Å². The third kappa shape index (κ3) is 8.14. The number of nitrogens with one attached hydrogen (secondary N) is 2. The molecule has 1 rings (SSSR count). The lowest BCUT2D eigenvalue weighted by atomic mass is 10.2. The molecule has 0 saturated carbocycles. The maximum Gasteiger partial charge on any atom is 0.407 e. The van der Waals surface area contributed by atoms with Gasteiger partial charge in [0.05, 0.1) is 12.3 Å². The second-order valence-electron chi connectivity index (χ2n) is 5.76. The van der Waals surface area contributed by atoms with E-state index in [-0.39, 0.29) is 12.7 Å². The minimum atomic E-state index is -0.461. The Morgan fingerprint density at radius 3 is 2.71 bits per heavy atom. The first-order valence-electron chi connectivity index (χ1n) is 7.17. The van der Waals surface area contributed by atoms with Gasteiger partial charge in [0.25, 0.3) is 0 Å². The van der Waals surface area contributed by atoms with Gasteiger partial charge in [-0.05, 0) is 45.7 Å². The van der Waals surface area contributed by atoms with Crippen LogP contribution < -0.4 is 10.6 Å². The highest BCUT2D eigenvalue weighted by Crippen LogP contribution is 2.08. The summed E-state index contributed by atoms with van der Waals surface area (Å²) < 4.78 is 5.14. The number of anilines is 1. The lowest BCUT2D eigenvalue weighted by Crippen LogP contribution is -2.33. The number of aliphatic hydroxyl groups is 1. The van der Waals surface area contributed by atoms with Crippen LogP contribution in [0.15, 0.2) is 18.3 Å². The van der Waals surface area contributed by atoms with Gasteiger partial charge in [-0.15, -0.1) is 0 Å². The molecule has 6 heteroatoms. The molecule has 1 amide bonds. The normalized spacial score (nSPS) is 11.0. The average molecular weight is 295 g/mol. The fraction of sp³-hybridized carbons (Fsp3) is 0.600. The number of nitrogens with zero attached hydrogens (tertiary/aromatic N) is 1. The van der Waals surface area contributed by atoms with E-state index in [2.05, 4.69) is 15.6 Å². The van der Waals surface area contributed by atoms with Crippen LogP contribution in [-0.2, 0) is 11.3 Å². The number of aromatic nitrogens is 1. The Hall–Kier alpha value is -1.82. The van der Waals surface area contributed by atoms with Crippen LogP contribution in [-0.4, -0.2) is 34.9 Å². The molecule has 0 aliphatic rings. The number of hydrogen-bond acceptors (Lipinski definition) is 5. The molecule has 0 fully saturated rings. The highest BCUT2D eigenvalue weighted by Gasteiger charge is 2.15. The number of carbonyl (C=O) groups is 1. The minimum absolute atomic E-state index is 0.0602. The van der Waals surface area contributed by atoms with Gasteiger partial charge in [-0.3, -0.25) is 4.98 Å². The summed E-state index contributed by atoms with van der Waals surface area (Å²) in [5.74, 6) is 0. The van der Waals surface area contributed by atoms with Crippen molar-refractivity contribution >= 4 is 11.8 Å². The van der Waals surface area contributed by atoms with Crippen LogP contribution >= 0.6 is 0 Å². The number of aliphatic hydroxyl groups excluding tert-OH is 1. The van der Waals surface area contributed by atoms with Gasteiger partial charge in [-0.25, -0.2) is 4.79 Å². The van der Waals surface area contributed by atoms with E-state index >= 15 is 0 Å². The Balaban J connectivity index is 2.10. The molecule has 6 nitrogen and oxygen atoms in total. The first-order chi connectivity index (χ1) is 9.90. The molecule has 0 aliphatic heterocycles. The molecule has 0 unspecified atom stereocenters. The molecule has 0 spiro atoms. The van der Waals surface area contributed by atoms with Crippen molar-refractivity contribution in [3.8, 4) is 0 Å². The second kappa shape index (κ2) is 8.46. The van der Waals surface area contributed by atoms with Gasteiger partial charge in [0, 0.05) is 25.0 Å². The highest BCUT2D eigenvalue weighted by atomic mass is 16.6. The summed E-state index contributed by atoms with van der Waals surface area (Å²) in [5, 5.41) is 15.0. The largest absolute Gasteiger partial charge is 0.444 e. The SMILES string of the molecule is CC(C)(C)OC(=O)NCCCCNc1ccnc(CO)c1. The van der Waals surface area contributed by atoms with Crippen molar-refractivity contribution in [3.05, 3.63) is 24.0 Å². The maximum atomic E-state index is 11.4. The van der Waals surface area contributed by atoms with Crippen molar-refractivity contribution in [2.45, 2.75) is 45.8 Å². The average Bonchev–Trinajstić information content (AvgIpc) is 2.41. The van der Waals surface area contributed by atoms with Crippen molar-refractivity contribution in [2.75, 3.05) is 18.4 Å². The summed E-state index contributed by atoms with van der Waals surface area (Å²) in [7, 11) is 0. The van der Waals surface area contributed by atoms with E-state index in [0.29, 0.717) is 12.2 Å². The van der Waals surface area contributed by atoms with Gasteiger partial charge in [0.15, 0.2) is 0 Å². The third-order valence-corrected chi connectivity index (χ3v) is 2.58. The third-order valence-electron chi connectivity index (χ3n) is 2.58. The summed E-state index contributed by atoms with van der Waals surface area (Å²) in [5.41, 5.74) is 1.12. The van der Waals surface area contributed by atoms with E-state index in [9.17, 15) is 4.79 Å². The van der Waals surface area contributed by atoms with Crippen molar-refractivity contribution in [1.82, 2.24) is 10.3 Å². The maximum absolute atomic E-state index is 11.4. The van der Waals surface area contributed by atoms with E-state index < -0.39 is 5.60 Å². The zero-order chi connectivity index (χ0) is 15.7. The number of ether oxygens (including phenoxy) is 1. The zero-order valence-corrected chi connectivity index (χ0v) is 13.0. The molecule has 0 aliphatic carbocycles. The van der Waals surface area contributed by atoms with Crippen LogP contribution in [0.1, 0.15) is 39.3 Å². The molecule has 118 valence electrons. The summed E-state index contributed by atoms with van der Waals surface area (Å²) in [6.45, 7) is 6.85. The molecule has 1 heterocycles. The molecular weight excluding hydrogens is 270 g/mol. The van der Waals surface area contributed by atoms with E-state index in [1.807, 2.05) is 32.9 Å². The fourth-order valence-corrected chi connectivity index (χ4v) is 1.66. The molecule has 0 aromatic carbocycles. The highest BCUT2D eigenvalue weighted by molar-refractivity contribution is 5.67. The number of alkyl carbamates (subject to hydrolysis) is 1. The number of hydrogen-bond donors (Lipinski definition) is 3. The molecule has 0 bridgehead atoms. The van der Waals surface area contributed by atoms with Crippen molar-refractivity contribution < 1.29 is 14.6 Å². The Labute approximate surface area is 125 Å².